The molecule has 0 bridgehead atoms. The van der Waals surface area contributed by atoms with Crippen molar-refractivity contribution in [1.29, 1.82) is 0 Å². The Hall–Kier alpha value is -3.76. The van der Waals surface area contributed by atoms with Gasteiger partial charge in [-0.15, -0.1) is 11.3 Å². The van der Waals surface area contributed by atoms with Gasteiger partial charge in [0.15, 0.2) is 0 Å². The summed E-state index contributed by atoms with van der Waals surface area (Å²) in [6, 6.07) is 18.7. The Morgan fingerprint density at radius 1 is 1.03 bits per heavy atom. The molecule has 2 heterocycles. The number of nitrogens with zero attached hydrogens (tertiary/aromatic N) is 2. The highest BCUT2D eigenvalue weighted by Crippen LogP contribution is 2.35. The second-order valence-corrected chi connectivity index (χ2v) is 10.0. The predicted molar refractivity (Wildman–Crippen MR) is 124 cm³/mol. The minimum absolute atomic E-state index is 0.0407. The average molecular weight is 467 g/mol. The molecule has 0 aliphatic rings. The number of aromatic nitrogens is 2. The van der Waals surface area contributed by atoms with Crippen LogP contribution in [-0.2, 0) is 10.0 Å². The number of thiophene rings is 1. The smallest absolute Gasteiger partial charge is 0.280 e. The molecule has 0 spiro atoms. The molecular formula is C22H18N4O4S2. The van der Waals surface area contributed by atoms with E-state index in [2.05, 4.69) is 10.2 Å². The molecule has 0 fully saturated rings. The van der Waals surface area contributed by atoms with E-state index in [9.17, 15) is 18.0 Å². The third-order valence-corrected chi connectivity index (χ3v) is 7.92. The van der Waals surface area contributed by atoms with E-state index in [1.165, 1.54) is 24.3 Å². The van der Waals surface area contributed by atoms with E-state index >= 15 is 0 Å². The van der Waals surface area contributed by atoms with Crippen LogP contribution in [0.2, 0.25) is 0 Å². The molecule has 3 N–H and O–H groups in total. The minimum atomic E-state index is -4.27. The van der Waals surface area contributed by atoms with Gasteiger partial charge >= 0.3 is 0 Å². The number of aryl methyl sites for hydroxylation is 1. The van der Waals surface area contributed by atoms with Crippen LogP contribution in [0.1, 0.15) is 15.9 Å². The summed E-state index contributed by atoms with van der Waals surface area (Å²) in [5.41, 5.74) is 7.32. The van der Waals surface area contributed by atoms with Crippen molar-refractivity contribution in [3.63, 3.8) is 0 Å². The summed E-state index contributed by atoms with van der Waals surface area (Å²) in [7, 11) is -4.27. The van der Waals surface area contributed by atoms with Crippen LogP contribution in [0.15, 0.2) is 81.8 Å². The first kappa shape index (κ1) is 21.5. The number of nitrogens with one attached hydrogen (secondary N) is 1. The van der Waals surface area contributed by atoms with E-state index in [4.69, 9.17) is 5.73 Å². The van der Waals surface area contributed by atoms with Crippen LogP contribution in [0.3, 0.4) is 0 Å². The monoisotopic (exact) mass is 466 g/mol. The van der Waals surface area contributed by atoms with Crippen molar-refractivity contribution >= 4 is 38.6 Å². The molecule has 0 unspecified atom stereocenters. The molecule has 0 aliphatic carbocycles. The Kier molecular flexibility index (Phi) is 5.64. The Balaban J connectivity index is 1.84. The first-order valence-corrected chi connectivity index (χ1v) is 11.7. The minimum Gasteiger partial charge on any atom is -0.399 e. The molecule has 0 radical (unpaired) electrons. The Morgan fingerprint density at radius 2 is 1.78 bits per heavy atom. The maximum atomic E-state index is 13.7. The fraction of sp³-hybridized carbons (Fsp3) is 0.0455. The van der Waals surface area contributed by atoms with E-state index in [0.717, 1.165) is 15.6 Å². The molecule has 0 atom stereocenters. The number of rotatable bonds is 5. The van der Waals surface area contributed by atoms with Gasteiger partial charge in [0.25, 0.3) is 21.5 Å². The number of hydrogen-bond donors (Lipinski definition) is 2. The van der Waals surface area contributed by atoms with Crippen molar-refractivity contribution in [3.8, 4) is 10.6 Å². The summed E-state index contributed by atoms with van der Waals surface area (Å²) >= 11 is 0.952. The summed E-state index contributed by atoms with van der Waals surface area (Å²) in [4.78, 5) is 25.2. The molecule has 1 amide bonds. The molecule has 10 heteroatoms. The van der Waals surface area contributed by atoms with E-state index in [0.29, 0.717) is 21.8 Å². The van der Waals surface area contributed by atoms with Gasteiger partial charge in [0.1, 0.15) is 9.90 Å². The van der Waals surface area contributed by atoms with Crippen LogP contribution in [0, 0.1) is 6.92 Å². The molecule has 0 saturated heterocycles. The molecule has 4 rings (SSSR count). The lowest BCUT2D eigenvalue weighted by molar-refractivity contribution is 0.101. The van der Waals surface area contributed by atoms with E-state index in [-0.39, 0.29) is 21.0 Å². The third-order valence-electron chi connectivity index (χ3n) is 4.65. The summed E-state index contributed by atoms with van der Waals surface area (Å²) in [5.74, 6) is -0.685. The van der Waals surface area contributed by atoms with E-state index in [1.807, 2.05) is 0 Å². The summed E-state index contributed by atoms with van der Waals surface area (Å²) in [6.07, 6.45) is 0. The molecule has 8 nitrogen and oxygen atoms in total. The normalized spacial score (nSPS) is 11.3. The molecule has 0 saturated carbocycles. The maximum absolute atomic E-state index is 13.7. The van der Waals surface area contributed by atoms with Gasteiger partial charge in [0.05, 0.1) is 10.6 Å². The topological polar surface area (TPSA) is 126 Å². The summed E-state index contributed by atoms with van der Waals surface area (Å²) in [6.45, 7) is 1.69. The van der Waals surface area contributed by atoms with Crippen LogP contribution in [0.25, 0.3) is 10.6 Å². The molecule has 2 aromatic heterocycles. The van der Waals surface area contributed by atoms with Crippen LogP contribution in [-0.4, -0.2) is 24.5 Å². The van der Waals surface area contributed by atoms with Crippen LogP contribution >= 0.6 is 11.3 Å². The molecule has 0 aliphatic heterocycles. The lowest BCUT2D eigenvalue weighted by Crippen LogP contribution is -2.37. The second-order valence-electron chi connectivity index (χ2n) is 6.91. The molecular weight excluding hydrogens is 448 g/mol. The van der Waals surface area contributed by atoms with Crippen molar-refractivity contribution in [3.05, 3.63) is 94.3 Å². The predicted octanol–water partition coefficient (Wildman–Crippen LogP) is 3.42. The van der Waals surface area contributed by atoms with Gasteiger partial charge in [0.2, 0.25) is 0 Å². The zero-order valence-corrected chi connectivity index (χ0v) is 18.5. The number of nitrogens with two attached hydrogens (primary N) is 1. The third kappa shape index (κ3) is 4.05. The Labute approximate surface area is 188 Å². The Bertz CT molecular complexity index is 1440. The highest BCUT2D eigenvalue weighted by Gasteiger charge is 2.34. The number of benzene rings is 2. The number of anilines is 2. The van der Waals surface area contributed by atoms with Crippen molar-refractivity contribution in [2.75, 3.05) is 10.0 Å². The molecule has 32 heavy (non-hydrogen) atoms. The van der Waals surface area contributed by atoms with Crippen LogP contribution < -0.4 is 15.6 Å². The number of aromatic amines is 1. The van der Waals surface area contributed by atoms with Gasteiger partial charge < -0.3 is 5.73 Å². The standard InChI is InChI=1S/C22H18N4O4S2/c1-14-13-16(23)7-9-18(14)26(22(28)15-5-3-2-4-6-15)32(29,30)21-12-10-19(31-21)17-8-11-20(27)25-24-17/h2-13H,23H2,1H3,(H,25,27). The van der Waals surface area contributed by atoms with Crippen molar-refractivity contribution in [1.82, 2.24) is 10.2 Å². The van der Waals surface area contributed by atoms with Gasteiger partial charge in [-0.25, -0.2) is 5.10 Å². The van der Waals surface area contributed by atoms with Gasteiger partial charge in [-0.1, -0.05) is 18.2 Å². The first-order chi connectivity index (χ1) is 15.3. The second kappa shape index (κ2) is 8.40. The SMILES string of the molecule is Cc1cc(N)ccc1N(C(=O)c1ccccc1)S(=O)(=O)c1ccc(-c2ccc(=O)[nH]n2)s1. The first-order valence-electron chi connectivity index (χ1n) is 9.44. The van der Waals surface area contributed by atoms with Crippen molar-refractivity contribution in [2.45, 2.75) is 11.1 Å². The van der Waals surface area contributed by atoms with Gasteiger partial charge in [0, 0.05) is 17.3 Å². The lowest BCUT2D eigenvalue weighted by Gasteiger charge is -2.24. The number of amides is 1. The fourth-order valence-electron chi connectivity index (χ4n) is 3.12. The number of nitrogen functional groups attached to an aromatic ring is 1. The summed E-state index contributed by atoms with van der Waals surface area (Å²) < 4.78 is 28.1. The number of carbonyl (C=O) groups excluding carboxylic acids is 1. The van der Waals surface area contributed by atoms with Gasteiger partial charge in [-0.2, -0.15) is 17.8 Å². The largest absolute Gasteiger partial charge is 0.399 e. The highest BCUT2D eigenvalue weighted by atomic mass is 32.2. The zero-order chi connectivity index (χ0) is 22.9. The van der Waals surface area contributed by atoms with Gasteiger partial charge in [-0.3, -0.25) is 9.59 Å². The number of hydrogen-bond acceptors (Lipinski definition) is 7. The lowest BCUT2D eigenvalue weighted by atomic mass is 10.1. The molecule has 4 aromatic rings. The number of carbonyl (C=O) groups is 1. The number of H-pyrrole nitrogens is 1. The zero-order valence-electron chi connectivity index (χ0n) is 16.8. The van der Waals surface area contributed by atoms with E-state index < -0.39 is 15.9 Å². The molecule has 2 aromatic carbocycles. The van der Waals surface area contributed by atoms with Crippen LogP contribution in [0.4, 0.5) is 11.4 Å². The number of sulfonamides is 1. The highest BCUT2D eigenvalue weighted by molar-refractivity contribution is 7.95. The van der Waals surface area contributed by atoms with Gasteiger partial charge in [-0.05, 0) is 61.0 Å². The van der Waals surface area contributed by atoms with Crippen LogP contribution in [0.5, 0.6) is 0 Å². The summed E-state index contributed by atoms with van der Waals surface area (Å²) in [5, 5.41) is 6.26. The average Bonchev–Trinajstić information content (AvgIpc) is 3.28. The van der Waals surface area contributed by atoms with Crippen molar-refractivity contribution in [2.24, 2.45) is 0 Å². The van der Waals surface area contributed by atoms with Crippen molar-refractivity contribution < 1.29 is 13.2 Å². The quantitative estimate of drug-likeness (QED) is 0.434. The molecule has 162 valence electrons. The maximum Gasteiger partial charge on any atom is 0.280 e. The van der Waals surface area contributed by atoms with E-state index in [1.54, 1.807) is 55.5 Å². The fourth-order valence-corrected chi connectivity index (χ4v) is 5.95. The Morgan fingerprint density at radius 3 is 2.44 bits per heavy atom.